The topological polar surface area (TPSA) is 91.8 Å². The van der Waals surface area contributed by atoms with Crippen molar-refractivity contribution >= 4 is 11.6 Å². The number of guanidine groups is 1. The Labute approximate surface area is 165 Å². The van der Waals surface area contributed by atoms with Crippen molar-refractivity contribution in [3.05, 3.63) is 53.7 Å². The van der Waals surface area contributed by atoms with Gasteiger partial charge >= 0.3 is 0 Å². The molecule has 0 fully saturated rings. The van der Waals surface area contributed by atoms with Crippen LogP contribution in [-0.4, -0.2) is 49.9 Å². The lowest BCUT2D eigenvalue weighted by Gasteiger charge is -2.20. The van der Waals surface area contributed by atoms with Crippen molar-refractivity contribution in [2.45, 2.75) is 32.8 Å². The fraction of sp³-hybridized carbons (Fsp3) is 0.450. The number of hydrogen-bond acceptors (Lipinski definition) is 4. The summed E-state index contributed by atoms with van der Waals surface area (Å²) in [4.78, 5) is 9.24. The quantitative estimate of drug-likeness (QED) is 0.424. The second-order valence-corrected chi connectivity index (χ2v) is 7.20. The third-order valence-corrected chi connectivity index (χ3v) is 4.62. The van der Waals surface area contributed by atoms with Gasteiger partial charge in [0.2, 0.25) is 0 Å². The van der Waals surface area contributed by atoms with E-state index in [1.165, 1.54) is 0 Å². The minimum Gasteiger partial charge on any atom is -0.383 e. The van der Waals surface area contributed by atoms with Gasteiger partial charge in [0.05, 0.1) is 18.4 Å². The van der Waals surface area contributed by atoms with Crippen LogP contribution in [0.15, 0.2) is 41.9 Å². The lowest BCUT2D eigenvalue weighted by Crippen LogP contribution is -2.39. The molecule has 0 radical (unpaired) electrons. The molecule has 3 N–H and O–H groups in total. The van der Waals surface area contributed by atoms with Crippen LogP contribution in [0.4, 0.5) is 0 Å². The van der Waals surface area contributed by atoms with Gasteiger partial charge < -0.3 is 20.1 Å². The van der Waals surface area contributed by atoms with Crippen LogP contribution in [0.3, 0.4) is 0 Å². The average Bonchev–Trinajstić information content (AvgIpc) is 3.27. The fourth-order valence-corrected chi connectivity index (χ4v) is 3.00. The highest BCUT2D eigenvalue weighted by atomic mass is 16.3. The molecule has 1 atom stereocenters. The monoisotopic (exact) mass is 383 g/mol. The highest BCUT2D eigenvalue weighted by Gasteiger charge is 2.24. The van der Waals surface area contributed by atoms with Crippen molar-refractivity contribution in [1.29, 1.82) is 0 Å². The molecule has 3 heterocycles. The molecule has 0 saturated heterocycles. The predicted octanol–water partition coefficient (Wildman–Crippen LogP) is 1.38. The molecule has 3 aromatic heterocycles. The van der Waals surface area contributed by atoms with Gasteiger partial charge in [-0.05, 0) is 32.4 Å². The van der Waals surface area contributed by atoms with E-state index in [1.807, 2.05) is 26.2 Å². The van der Waals surface area contributed by atoms with Gasteiger partial charge in [0.1, 0.15) is 11.2 Å². The van der Waals surface area contributed by atoms with Crippen LogP contribution in [0.5, 0.6) is 0 Å². The van der Waals surface area contributed by atoms with Crippen LogP contribution < -0.4 is 10.6 Å². The zero-order chi connectivity index (χ0) is 20.1. The smallest absolute Gasteiger partial charge is 0.191 e. The van der Waals surface area contributed by atoms with Gasteiger partial charge in [-0.15, -0.1) is 0 Å². The van der Waals surface area contributed by atoms with E-state index in [0.29, 0.717) is 12.5 Å². The van der Waals surface area contributed by atoms with Gasteiger partial charge in [0, 0.05) is 50.7 Å². The number of imidazole rings is 1. The summed E-state index contributed by atoms with van der Waals surface area (Å²) in [5.74, 6) is 0.673. The first-order valence-electron chi connectivity index (χ1n) is 9.56. The third kappa shape index (κ3) is 4.69. The molecular weight excluding hydrogens is 354 g/mol. The standard InChI is InChI=1S/C20H29N7O/c1-5-21-19(23-14-20(3,28)16-11-24-26(4)12-16)22-9-8-17-13-27-10-6-7-15(2)18(27)25-17/h6-7,10-13,28H,5,8-9,14H2,1-4H3,(H2,21,22,23). The molecule has 150 valence electrons. The van der Waals surface area contributed by atoms with E-state index in [0.717, 1.165) is 35.4 Å². The highest BCUT2D eigenvalue weighted by Crippen LogP contribution is 2.19. The SMILES string of the molecule is CCNC(=NCC(C)(O)c1cnn(C)c1)NCCc1cn2cccc(C)c2n1. The lowest BCUT2D eigenvalue weighted by molar-refractivity contribution is 0.0672. The molecule has 0 saturated carbocycles. The minimum atomic E-state index is -1.07. The number of aromatic nitrogens is 4. The summed E-state index contributed by atoms with van der Waals surface area (Å²) in [6.45, 7) is 7.51. The van der Waals surface area contributed by atoms with Crippen molar-refractivity contribution in [2.24, 2.45) is 12.0 Å². The maximum Gasteiger partial charge on any atom is 0.191 e. The first kappa shape index (κ1) is 19.9. The van der Waals surface area contributed by atoms with Crippen LogP contribution in [0.1, 0.15) is 30.7 Å². The number of rotatable bonds is 7. The van der Waals surface area contributed by atoms with Gasteiger partial charge in [-0.2, -0.15) is 5.10 Å². The minimum absolute atomic E-state index is 0.238. The molecule has 0 aliphatic heterocycles. The molecule has 1 unspecified atom stereocenters. The second kappa shape index (κ2) is 8.43. The maximum atomic E-state index is 10.7. The van der Waals surface area contributed by atoms with E-state index in [-0.39, 0.29) is 6.54 Å². The fourth-order valence-electron chi connectivity index (χ4n) is 3.00. The first-order valence-corrected chi connectivity index (χ1v) is 9.56. The average molecular weight is 384 g/mol. The largest absolute Gasteiger partial charge is 0.383 e. The van der Waals surface area contributed by atoms with E-state index < -0.39 is 5.60 Å². The van der Waals surface area contributed by atoms with E-state index in [9.17, 15) is 5.11 Å². The van der Waals surface area contributed by atoms with Crippen LogP contribution in [0.25, 0.3) is 5.65 Å². The molecule has 0 bridgehead atoms. The van der Waals surface area contributed by atoms with Crippen LogP contribution >= 0.6 is 0 Å². The van der Waals surface area contributed by atoms with Gasteiger partial charge in [-0.25, -0.2) is 9.98 Å². The van der Waals surface area contributed by atoms with E-state index in [4.69, 9.17) is 4.98 Å². The summed E-state index contributed by atoms with van der Waals surface area (Å²) in [6, 6.07) is 4.09. The number of aryl methyl sites for hydroxylation is 2. The molecule has 3 aromatic rings. The highest BCUT2D eigenvalue weighted by molar-refractivity contribution is 5.79. The molecule has 3 rings (SSSR count). The molecule has 0 aromatic carbocycles. The van der Waals surface area contributed by atoms with E-state index in [1.54, 1.807) is 24.0 Å². The molecular formula is C20H29N7O. The second-order valence-electron chi connectivity index (χ2n) is 7.20. The number of aliphatic imine (C=N–C) groups is 1. The summed E-state index contributed by atoms with van der Waals surface area (Å²) in [5.41, 5.74) is 2.85. The van der Waals surface area contributed by atoms with Gasteiger partial charge in [0.25, 0.3) is 0 Å². The number of nitrogens with one attached hydrogen (secondary N) is 2. The summed E-state index contributed by atoms with van der Waals surface area (Å²) in [7, 11) is 1.83. The van der Waals surface area contributed by atoms with Crippen molar-refractivity contribution in [3.63, 3.8) is 0 Å². The number of aliphatic hydroxyl groups is 1. The third-order valence-electron chi connectivity index (χ3n) is 4.62. The first-order chi connectivity index (χ1) is 13.4. The van der Waals surface area contributed by atoms with E-state index in [2.05, 4.69) is 44.3 Å². The van der Waals surface area contributed by atoms with Crippen LogP contribution in [0.2, 0.25) is 0 Å². The van der Waals surface area contributed by atoms with Crippen molar-refractivity contribution in [1.82, 2.24) is 29.8 Å². The number of pyridine rings is 1. The van der Waals surface area contributed by atoms with Crippen LogP contribution in [0, 0.1) is 6.92 Å². The molecule has 0 spiro atoms. The zero-order valence-electron chi connectivity index (χ0n) is 17.0. The Morgan fingerprint density at radius 2 is 2.14 bits per heavy atom. The normalized spacial score (nSPS) is 14.2. The Morgan fingerprint density at radius 1 is 1.32 bits per heavy atom. The molecule has 28 heavy (non-hydrogen) atoms. The Balaban J connectivity index is 1.60. The predicted molar refractivity (Wildman–Crippen MR) is 110 cm³/mol. The summed E-state index contributed by atoms with van der Waals surface area (Å²) >= 11 is 0. The number of hydrogen-bond donors (Lipinski definition) is 3. The van der Waals surface area contributed by atoms with Crippen molar-refractivity contribution in [3.8, 4) is 0 Å². The van der Waals surface area contributed by atoms with E-state index >= 15 is 0 Å². The summed E-state index contributed by atoms with van der Waals surface area (Å²) < 4.78 is 3.72. The number of fused-ring (bicyclic) bond motifs is 1. The Bertz CT molecular complexity index is 955. The summed E-state index contributed by atoms with van der Waals surface area (Å²) in [5, 5.41) is 21.3. The maximum absolute atomic E-state index is 10.7. The van der Waals surface area contributed by atoms with Crippen LogP contribution in [-0.2, 0) is 19.1 Å². The van der Waals surface area contributed by atoms with Gasteiger partial charge in [0.15, 0.2) is 5.96 Å². The molecule has 0 aliphatic rings. The molecule has 0 aliphatic carbocycles. The molecule has 8 nitrogen and oxygen atoms in total. The molecule has 8 heteroatoms. The van der Waals surface area contributed by atoms with Crippen molar-refractivity contribution < 1.29 is 5.11 Å². The molecule has 0 amide bonds. The van der Waals surface area contributed by atoms with Gasteiger partial charge in [-0.1, -0.05) is 6.07 Å². The Hall–Kier alpha value is -2.87. The zero-order valence-corrected chi connectivity index (χ0v) is 17.0. The number of nitrogens with zero attached hydrogens (tertiary/aromatic N) is 5. The Kier molecular flexibility index (Phi) is 5.99. The summed E-state index contributed by atoms with van der Waals surface area (Å²) in [6.07, 6.45) is 8.33. The lowest BCUT2D eigenvalue weighted by atomic mass is 10.0. The van der Waals surface area contributed by atoms with Crippen molar-refractivity contribution in [2.75, 3.05) is 19.6 Å². The van der Waals surface area contributed by atoms with Gasteiger partial charge in [-0.3, -0.25) is 4.68 Å². The Morgan fingerprint density at radius 3 is 2.82 bits per heavy atom.